The highest BCUT2D eigenvalue weighted by Crippen LogP contribution is 2.31. The molecule has 2 atom stereocenters. The van der Waals surface area contributed by atoms with Gasteiger partial charge in [-0.05, 0) is 48.5 Å². The quantitative estimate of drug-likeness (QED) is 0.784. The Morgan fingerprint density at radius 1 is 1.72 bits per heavy atom. The molecule has 18 heavy (non-hydrogen) atoms. The molecule has 100 valence electrons. The first-order valence-electron chi connectivity index (χ1n) is 5.65. The summed E-state index contributed by atoms with van der Waals surface area (Å²) < 4.78 is 0.965. The van der Waals surface area contributed by atoms with Crippen molar-refractivity contribution in [3.63, 3.8) is 0 Å². The Morgan fingerprint density at radius 2 is 2.39 bits per heavy atom. The number of carbonyl (C=O) groups is 1. The molecule has 3 N–H and O–H groups in total. The second-order valence-corrected chi connectivity index (χ2v) is 6.65. The number of carbonyl (C=O) groups excluding carboxylic acids is 1. The molecule has 1 amide bonds. The van der Waals surface area contributed by atoms with E-state index in [1.54, 1.807) is 25.0 Å². The van der Waals surface area contributed by atoms with Crippen LogP contribution in [-0.2, 0) is 4.79 Å². The Bertz CT molecular complexity index is 430. The van der Waals surface area contributed by atoms with Gasteiger partial charge in [0.2, 0.25) is 5.91 Å². The molecule has 2 unspecified atom stereocenters. The number of thioether (sulfide) groups is 1. The van der Waals surface area contributed by atoms with Crippen LogP contribution in [-0.4, -0.2) is 28.7 Å². The average molecular weight is 332 g/mol. The van der Waals surface area contributed by atoms with Crippen molar-refractivity contribution in [2.75, 3.05) is 7.05 Å². The predicted molar refractivity (Wildman–Crippen MR) is 78.5 cm³/mol. The summed E-state index contributed by atoms with van der Waals surface area (Å²) in [5.41, 5.74) is 4.73. The van der Waals surface area contributed by atoms with Gasteiger partial charge in [0.25, 0.3) is 0 Å². The minimum Gasteiger partial charge on any atom is -0.368 e. The van der Waals surface area contributed by atoms with E-state index in [9.17, 15) is 4.79 Å². The van der Waals surface area contributed by atoms with Gasteiger partial charge < -0.3 is 11.1 Å². The van der Waals surface area contributed by atoms with E-state index in [-0.39, 0.29) is 11.2 Å². The fraction of sp³-hybridized carbons (Fsp3) is 0.500. The Balaban J connectivity index is 2.70. The molecule has 1 aromatic heterocycles. The van der Waals surface area contributed by atoms with E-state index >= 15 is 0 Å². The van der Waals surface area contributed by atoms with E-state index in [0.717, 1.165) is 9.50 Å². The molecule has 6 heteroatoms. The van der Waals surface area contributed by atoms with Crippen LogP contribution < -0.4 is 11.1 Å². The fourth-order valence-corrected chi connectivity index (χ4v) is 3.23. The third-order valence-corrected chi connectivity index (χ3v) is 4.85. The molecular formula is C12H18BrN3OS. The molecule has 4 nitrogen and oxygen atoms in total. The molecule has 0 saturated carbocycles. The summed E-state index contributed by atoms with van der Waals surface area (Å²) in [6.07, 6.45) is 2.40. The van der Waals surface area contributed by atoms with Crippen molar-refractivity contribution in [2.45, 2.75) is 36.1 Å². The highest BCUT2D eigenvalue weighted by Gasteiger charge is 2.31. The maximum absolute atomic E-state index is 11.4. The molecular weight excluding hydrogens is 314 g/mol. The predicted octanol–water partition coefficient (Wildman–Crippen LogP) is 2.18. The van der Waals surface area contributed by atoms with Crippen LogP contribution >= 0.6 is 27.7 Å². The number of likely N-dealkylation sites (N-methyl/N-ethyl adjacent to an activating group) is 1. The number of pyridine rings is 1. The van der Waals surface area contributed by atoms with Gasteiger partial charge in [0, 0.05) is 15.9 Å². The van der Waals surface area contributed by atoms with Crippen molar-refractivity contribution in [2.24, 2.45) is 5.73 Å². The lowest BCUT2D eigenvalue weighted by Crippen LogP contribution is -2.52. The van der Waals surface area contributed by atoms with Crippen molar-refractivity contribution < 1.29 is 4.79 Å². The first-order valence-corrected chi connectivity index (χ1v) is 7.32. The van der Waals surface area contributed by atoms with E-state index in [4.69, 9.17) is 5.73 Å². The normalized spacial score (nSPS) is 16.0. The molecule has 1 aromatic rings. The largest absolute Gasteiger partial charge is 0.368 e. The number of hydrogen-bond donors (Lipinski definition) is 2. The summed E-state index contributed by atoms with van der Waals surface area (Å²) in [6.45, 7) is 3.88. The third kappa shape index (κ3) is 3.96. The summed E-state index contributed by atoms with van der Waals surface area (Å²) in [6, 6.07) is 3.83. The summed E-state index contributed by atoms with van der Waals surface area (Å²) in [5, 5.41) is 4.14. The minimum atomic E-state index is -0.687. The van der Waals surface area contributed by atoms with Crippen molar-refractivity contribution >= 4 is 33.6 Å². The molecule has 1 rings (SSSR count). The van der Waals surface area contributed by atoms with Crippen LogP contribution in [0.2, 0.25) is 0 Å². The Hall–Kier alpha value is -0.590. The van der Waals surface area contributed by atoms with Gasteiger partial charge in [0.1, 0.15) is 5.03 Å². The van der Waals surface area contributed by atoms with Crippen LogP contribution in [0.5, 0.6) is 0 Å². The zero-order valence-electron chi connectivity index (χ0n) is 10.7. The van der Waals surface area contributed by atoms with Gasteiger partial charge >= 0.3 is 0 Å². The summed E-state index contributed by atoms with van der Waals surface area (Å²) in [5.74, 6) is -0.336. The summed E-state index contributed by atoms with van der Waals surface area (Å²) in [4.78, 5) is 15.7. The molecule has 1 heterocycles. The van der Waals surface area contributed by atoms with Gasteiger partial charge in [0.05, 0.1) is 5.54 Å². The van der Waals surface area contributed by atoms with Gasteiger partial charge in [-0.3, -0.25) is 4.79 Å². The van der Waals surface area contributed by atoms with E-state index < -0.39 is 5.54 Å². The smallest absolute Gasteiger partial charge is 0.237 e. The molecule has 0 aliphatic heterocycles. The van der Waals surface area contributed by atoms with Gasteiger partial charge in [-0.1, -0.05) is 6.92 Å². The molecule has 0 aliphatic rings. The highest BCUT2D eigenvalue weighted by atomic mass is 79.9. The Labute approximate surface area is 120 Å². The van der Waals surface area contributed by atoms with E-state index in [1.165, 1.54) is 0 Å². The lowest BCUT2D eigenvalue weighted by molar-refractivity contribution is -0.123. The molecule has 0 aliphatic carbocycles. The molecule has 0 spiro atoms. The second-order valence-electron chi connectivity index (χ2n) is 4.37. The van der Waals surface area contributed by atoms with Crippen molar-refractivity contribution in [3.05, 3.63) is 22.8 Å². The second kappa shape index (κ2) is 6.54. The summed E-state index contributed by atoms with van der Waals surface area (Å²) in [7, 11) is 1.75. The number of amides is 1. The number of halogens is 1. The van der Waals surface area contributed by atoms with Crippen LogP contribution in [0.1, 0.15) is 20.3 Å². The molecule has 0 radical (unpaired) electrons. The van der Waals surface area contributed by atoms with Crippen LogP contribution in [0.3, 0.4) is 0 Å². The molecule has 0 saturated heterocycles. The number of nitrogens with one attached hydrogen (secondary N) is 1. The number of rotatable bonds is 6. The number of aromatic nitrogens is 1. The first-order chi connectivity index (χ1) is 8.39. The topological polar surface area (TPSA) is 68.0 Å². The van der Waals surface area contributed by atoms with Crippen LogP contribution in [0.4, 0.5) is 0 Å². The van der Waals surface area contributed by atoms with Crippen molar-refractivity contribution in [1.82, 2.24) is 10.3 Å². The van der Waals surface area contributed by atoms with Gasteiger partial charge in [-0.15, -0.1) is 11.8 Å². The zero-order chi connectivity index (χ0) is 13.8. The lowest BCUT2D eigenvalue weighted by Gasteiger charge is -2.28. The van der Waals surface area contributed by atoms with Crippen LogP contribution in [0.15, 0.2) is 27.8 Å². The van der Waals surface area contributed by atoms with Gasteiger partial charge in [0.15, 0.2) is 0 Å². The minimum absolute atomic E-state index is 0.223. The van der Waals surface area contributed by atoms with Crippen LogP contribution in [0, 0.1) is 0 Å². The average Bonchev–Trinajstić information content (AvgIpc) is 2.31. The number of hydrogen-bond acceptors (Lipinski definition) is 4. The van der Waals surface area contributed by atoms with E-state index in [2.05, 4.69) is 33.2 Å². The van der Waals surface area contributed by atoms with Crippen molar-refractivity contribution in [3.8, 4) is 0 Å². The lowest BCUT2D eigenvalue weighted by atomic mass is 9.95. The summed E-state index contributed by atoms with van der Waals surface area (Å²) >= 11 is 5.08. The Kier molecular flexibility index (Phi) is 5.62. The zero-order valence-corrected chi connectivity index (χ0v) is 13.1. The van der Waals surface area contributed by atoms with Crippen molar-refractivity contribution in [1.29, 1.82) is 0 Å². The fourth-order valence-electron chi connectivity index (χ4n) is 1.59. The standard InChI is InChI=1S/C12H18BrN3OS/c1-8(7-12(2,15-3)11(14)17)18-10-9(13)5-4-6-16-10/h4-6,8,15H,7H2,1-3H3,(H2,14,17). The maximum Gasteiger partial charge on any atom is 0.237 e. The van der Waals surface area contributed by atoms with E-state index in [0.29, 0.717) is 6.42 Å². The van der Waals surface area contributed by atoms with Gasteiger partial charge in [-0.2, -0.15) is 0 Å². The highest BCUT2D eigenvalue weighted by molar-refractivity contribution is 9.10. The van der Waals surface area contributed by atoms with E-state index in [1.807, 2.05) is 19.1 Å². The molecule has 0 fully saturated rings. The van der Waals surface area contributed by atoms with Crippen LogP contribution in [0.25, 0.3) is 0 Å². The SMILES string of the molecule is CNC(C)(CC(C)Sc1ncccc1Br)C(N)=O. The third-order valence-electron chi connectivity index (χ3n) is 2.83. The van der Waals surface area contributed by atoms with Gasteiger partial charge in [-0.25, -0.2) is 4.98 Å². The first kappa shape index (κ1) is 15.5. The monoisotopic (exact) mass is 331 g/mol. The number of nitrogens with zero attached hydrogens (tertiary/aromatic N) is 1. The molecule has 0 bridgehead atoms. The Morgan fingerprint density at radius 3 is 2.89 bits per heavy atom. The number of nitrogens with two attached hydrogens (primary N) is 1. The molecule has 0 aromatic carbocycles. The maximum atomic E-state index is 11.4. The number of primary amides is 1.